The van der Waals surface area contributed by atoms with Gasteiger partial charge in [0.15, 0.2) is 0 Å². The smallest absolute Gasteiger partial charge is 0.264 e. The van der Waals surface area contributed by atoms with Crippen molar-refractivity contribution in [3.63, 3.8) is 0 Å². The summed E-state index contributed by atoms with van der Waals surface area (Å²) in [5, 5.41) is 10.6. The average molecular weight is 348 g/mol. The number of aromatic nitrogens is 1. The molecule has 1 N–H and O–H groups in total. The minimum Gasteiger partial charge on any atom is -0.363 e. The maximum atomic E-state index is 11.7. The second kappa shape index (κ2) is 3.94. The van der Waals surface area contributed by atoms with Crippen molar-refractivity contribution in [3.05, 3.63) is 39.1 Å². The van der Waals surface area contributed by atoms with Crippen LogP contribution in [0.25, 0.3) is 0 Å². The van der Waals surface area contributed by atoms with Crippen molar-refractivity contribution in [2.45, 2.75) is 5.72 Å². The molecule has 6 heteroatoms. The molecule has 1 aromatic rings. The highest BCUT2D eigenvalue weighted by Crippen LogP contribution is 2.45. The fourth-order valence-corrected chi connectivity index (χ4v) is 2.78. The van der Waals surface area contributed by atoms with E-state index in [0.717, 1.165) is 0 Å². The average Bonchev–Trinajstić information content (AvgIpc) is 2.47. The van der Waals surface area contributed by atoms with Crippen LogP contribution in [-0.2, 0) is 10.5 Å². The van der Waals surface area contributed by atoms with E-state index in [0.29, 0.717) is 14.5 Å². The Morgan fingerprint density at radius 1 is 1.50 bits per heavy atom. The standard InChI is InChI=1S/C10H8Br2N2O2/c1-14-9(15)7(11)8(12)10(14,16)6-3-2-4-13-5-6/h2-5,16H,1H3/t10-/m0/s1. The lowest BCUT2D eigenvalue weighted by Crippen LogP contribution is -2.42. The van der Waals surface area contributed by atoms with Crippen LogP contribution in [0.3, 0.4) is 0 Å². The van der Waals surface area contributed by atoms with Crippen molar-refractivity contribution >= 4 is 37.8 Å². The summed E-state index contributed by atoms with van der Waals surface area (Å²) in [6, 6.07) is 3.42. The van der Waals surface area contributed by atoms with E-state index in [2.05, 4.69) is 36.8 Å². The molecule has 1 aromatic heterocycles. The van der Waals surface area contributed by atoms with Gasteiger partial charge in [-0.05, 0) is 37.9 Å². The molecule has 0 bridgehead atoms. The largest absolute Gasteiger partial charge is 0.363 e. The quantitative estimate of drug-likeness (QED) is 0.841. The maximum absolute atomic E-state index is 11.7. The normalized spacial score (nSPS) is 25.5. The summed E-state index contributed by atoms with van der Waals surface area (Å²) in [4.78, 5) is 16.9. The van der Waals surface area contributed by atoms with E-state index in [1.54, 1.807) is 18.3 Å². The zero-order valence-corrected chi connectivity index (χ0v) is 11.5. The highest BCUT2D eigenvalue weighted by Gasteiger charge is 2.48. The Balaban J connectivity index is 2.59. The summed E-state index contributed by atoms with van der Waals surface area (Å²) in [7, 11) is 1.53. The summed E-state index contributed by atoms with van der Waals surface area (Å²) in [5.41, 5.74) is -0.948. The Labute approximate surface area is 109 Å². The monoisotopic (exact) mass is 346 g/mol. The molecule has 2 heterocycles. The second-order valence-electron chi connectivity index (χ2n) is 3.41. The van der Waals surface area contributed by atoms with Crippen molar-refractivity contribution in [1.82, 2.24) is 9.88 Å². The molecule has 2 rings (SSSR count). The minimum absolute atomic E-state index is 0.279. The van der Waals surface area contributed by atoms with Crippen LogP contribution in [0.2, 0.25) is 0 Å². The van der Waals surface area contributed by atoms with Gasteiger partial charge in [0.2, 0.25) is 5.72 Å². The van der Waals surface area contributed by atoms with Crippen molar-refractivity contribution in [2.24, 2.45) is 0 Å². The number of halogens is 2. The molecule has 1 aliphatic heterocycles. The van der Waals surface area contributed by atoms with E-state index >= 15 is 0 Å². The van der Waals surface area contributed by atoms with Crippen molar-refractivity contribution in [3.8, 4) is 0 Å². The number of rotatable bonds is 1. The first-order valence-corrected chi connectivity index (χ1v) is 6.05. The summed E-state index contributed by atoms with van der Waals surface area (Å²) in [6.07, 6.45) is 3.13. The molecular formula is C10H8Br2N2O2. The van der Waals surface area contributed by atoms with Gasteiger partial charge in [-0.1, -0.05) is 6.07 Å². The third kappa shape index (κ3) is 1.44. The molecule has 16 heavy (non-hydrogen) atoms. The van der Waals surface area contributed by atoms with Gasteiger partial charge < -0.3 is 10.0 Å². The van der Waals surface area contributed by atoms with Gasteiger partial charge in [0.05, 0.1) is 8.96 Å². The number of likely N-dealkylation sites (N-methyl/N-ethyl adjacent to an activating group) is 1. The maximum Gasteiger partial charge on any atom is 0.264 e. The van der Waals surface area contributed by atoms with Gasteiger partial charge >= 0.3 is 0 Å². The number of aliphatic hydroxyl groups is 1. The first-order chi connectivity index (χ1) is 7.49. The van der Waals surface area contributed by atoms with Crippen LogP contribution in [0, 0.1) is 0 Å². The van der Waals surface area contributed by atoms with Gasteiger partial charge in [-0.25, -0.2) is 0 Å². The number of carbonyl (C=O) groups excluding carboxylic acids is 1. The third-order valence-electron chi connectivity index (χ3n) is 2.54. The van der Waals surface area contributed by atoms with Gasteiger partial charge in [0.25, 0.3) is 5.91 Å². The number of hydrogen-bond acceptors (Lipinski definition) is 3. The lowest BCUT2D eigenvalue weighted by Gasteiger charge is -2.31. The molecule has 0 saturated carbocycles. The van der Waals surface area contributed by atoms with Crippen LogP contribution >= 0.6 is 31.9 Å². The summed E-state index contributed by atoms with van der Waals surface area (Å²) in [6.45, 7) is 0. The number of nitrogens with zero attached hydrogens (tertiary/aromatic N) is 2. The van der Waals surface area contributed by atoms with Crippen molar-refractivity contribution < 1.29 is 9.90 Å². The molecule has 4 nitrogen and oxygen atoms in total. The van der Waals surface area contributed by atoms with Gasteiger partial charge in [0, 0.05) is 25.0 Å². The molecule has 0 radical (unpaired) electrons. The molecule has 1 amide bonds. The molecule has 0 spiro atoms. The first kappa shape index (κ1) is 11.8. The molecule has 0 unspecified atom stereocenters. The summed E-state index contributed by atoms with van der Waals surface area (Å²) >= 11 is 6.38. The van der Waals surface area contributed by atoms with E-state index < -0.39 is 5.72 Å². The van der Waals surface area contributed by atoms with Gasteiger partial charge in [-0.3, -0.25) is 9.78 Å². The number of carbonyl (C=O) groups is 1. The predicted octanol–water partition coefficient (Wildman–Crippen LogP) is 1.70. The number of amides is 1. The predicted molar refractivity (Wildman–Crippen MR) is 65.8 cm³/mol. The molecular weight excluding hydrogens is 340 g/mol. The first-order valence-electron chi connectivity index (χ1n) is 4.46. The SMILES string of the molecule is CN1C(=O)C(Br)=C(Br)[C@@]1(O)c1cccnc1. The zero-order valence-electron chi connectivity index (χ0n) is 8.32. The lowest BCUT2D eigenvalue weighted by molar-refractivity contribution is -0.139. The van der Waals surface area contributed by atoms with E-state index in [9.17, 15) is 9.90 Å². The Hall–Kier alpha value is -0.720. The summed E-state index contributed by atoms with van der Waals surface area (Å²) in [5.74, 6) is -0.279. The minimum atomic E-state index is -1.48. The van der Waals surface area contributed by atoms with E-state index in [1.165, 1.54) is 18.1 Å². The molecule has 1 atom stereocenters. The molecule has 0 fully saturated rings. The van der Waals surface area contributed by atoms with E-state index in [-0.39, 0.29) is 5.91 Å². The van der Waals surface area contributed by atoms with E-state index in [4.69, 9.17) is 0 Å². The molecule has 0 saturated heterocycles. The number of hydrogen-bond donors (Lipinski definition) is 1. The molecule has 0 aliphatic carbocycles. The van der Waals surface area contributed by atoms with Gasteiger partial charge in [0.1, 0.15) is 0 Å². The second-order valence-corrected chi connectivity index (χ2v) is 4.99. The van der Waals surface area contributed by atoms with Gasteiger partial charge in [-0.15, -0.1) is 0 Å². The van der Waals surface area contributed by atoms with Crippen LogP contribution < -0.4 is 0 Å². The molecule has 1 aliphatic rings. The number of pyridine rings is 1. The topological polar surface area (TPSA) is 53.4 Å². The van der Waals surface area contributed by atoms with Gasteiger partial charge in [-0.2, -0.15) is 0 Å². The summed E-state index contributed by atoms with van der Waals surface area (Å²) < 4.78 is 0.710. The highest BCUT2D eigenvalue weighted by atomic mass is 79.9. The fraction of sp³-hybridized carbons (Fsp3) is 0.200. The lowest BCUT2D eigenvalue weighted by atomic mass is 10.1. The Bertz CT molecular complexity index is 475. The fourth-order valence-electron chi connectivity index (χ4n) is 1.58. The van der Waals surface area contributed by atoms with E-state index in [1.807, 2.05) is 0 Å². The van der Waals surface area contributed by atoms with Crippen LogP contribution in [0.4, 0.5) is 0 Å². The Morgan fingerprint density at radius 3 is 2.62 bits per heavy atom. The van der Waals surface area contributed by atoms with Crippen LogP contribution in [0.5, 0.6) is 0 Å². The van der Waals surface area contributed by atoms with Crippen LogP contribution in [-0.4, -0.2) is 27.9 Å². The molecule has 0 aromatic carbocycles. The Kier molecular flexibility index (Phi) is 2.90. The van der Waals surface area contributed by atoms with Crippen molar-refractivity contribution in [2.75, 3.05) is 7.05 Å². The zero-order chi connectivity index (χ0) is 11.9. The third-order valence-corrected chi connectivity index (χ3v) is 4.76. The molecule has 84 valence electrons. The van der Waals surface area contributed by atoms with Crippen LogP contribution in [0.15, 0.2) is 33.5 Å². The highest BCUT2D eigenvalue weighted by molar-refractivity contribution is 9.14. The Morgan fingerprint density at radius 2 is 2.19 bits per heavy atom. The van der Waals surface area contributed by atoms with Crippen LogP contribution in [0.1, 0.15) is 5.56 Å². The van der Waals surface area contributed by atoms with Crippen molar-refractivity contribution in [1.29, 1.82) is 0 Å².